The number of aliphatic hydroxyl groups is 1. The highest BCUT2D eigenvalue weighted by Gasteiger charge is 2.22. The molecule has 1 aliphatic rings. The minimum atomic E-state index is 0.112. The van der Waals surface area contributed by atoms with Crippen molar-refractivity contribution in [3.8, 4) is 0 Å². The Morgan fingerprint density at radius 1 is 1.25 bits per heavy atom. The highest BCUT2D eigenvalue weighted by atomic mass is 16.3. The zero-order valence-corrected chi connectivity index (χ0v) is 8.44. The summed E-state index contributed by atoms with van der Waals surface area (Å²) in [6.45, 7) is 8.50. The third kappa shape index (κ3) is 1.90. The SMILES string of the molecule is CC1=CC(O)=C(C(C)(C)C)CC1. The van der Waals surface area contributed by atoms with Crippen LogP contribution in [0.2, 0.25) is 0 Å². The Morgan fingerprint density at radius 2 is 1.83 bits per heavy atom. The summed E-state index contributed by atoms with van der Waals surface area (Å²) in [6, 6.07) is 0. The average molecular weight is 166 g/mol. The Morgan fingerprint density at radius 3 is 2.25 bits per heavy atom. The molecule has 1 rings (SSSR count). The van der Waals surface area contributed by atoms with Gasteiger partial charge in [-0.3, -0.25) is 0 Å². The Hall–Kier alpha value is -0.720. The van der Waals surface area contributed by atoms with Gasteiger partial charge < -0.3 is 5.11 Å². The van der Waals surface area contributed by atoms with Gasteiger partial charge in [-0.1, -0.05) is 26.3 Å². The van der Waals surface area contributed by atoms with Crippen LogP contribution in [-0.2, 0) is 0 Å². The van der Waals surface area contributed by atoms with Gasteiger partial charge >= 0.3 is 0 Å². The van der Waals surface area contributed by atoms with E-state index < -0.39 is 0 Å². The van der Waals surface area contributed by atoms with Crippen LogP contribution < -0.4 is 0 Å². The Labute approximate surface area is 74.8 Å². The zero-order chi connectivity index (χ0) is 9.35. The van der Waals surface area contributed by atoms with Crippen LogP contribution in [-0.4, -0.2) is 5.11 Å². The molecular formula is C11H18O. The van der Waals surface area contributed by atoms with E-state index in [1.807, 2.05) is 6.08 Å². The van der Waals surface area contributed by atoms with Crippen molar-refractivity contribution in [2.75, 3.05) is 0 Å². The standard InChI is InChI=1S/C11H18O/c1-8-5-6-9(10(12)7-8)11(2,3)4/h7,12H,5-6H2,1-4H3. The van der Waals surface area contributed by atoms with Crippen LogP contribution in [0.3, 0.4) is 0 Å². The highest BCUT2D eigenvalue weighted by Crippen LogP contribution is 2.35. The Balaban J connectivity index is 2.98. The third-order valence-electron chi connectivity index (χ3n) is 2.37. The van der Waals surface area contributed by atoms with Gasteiger partial charge in [0.2, 0.25) is 0 Å². The van der Waals surface area contributed by atoms with Crippen LogP contribution in [0.25, 0.3) is 0 Å². The summed E-state index contributed by atoms with van der Waals surface area (Å²) in [5.41, 5.74) is 2.58. The van der Waals surface area contributed by atoms with Crippen molar-refractivity contribution in [3.63, 3.8) is 0 Å². The maximum atomic E-state index is 9.68. The quantitative estimate of drug-likeness (QED) is 0.583. The molecule has 0 aliphatic heterocycles. The molecule has 1 heteroatoms. The molecule has 1 aliphatic carbocycles. The average Bonchev–Trinajstić information content (AvgIpc) is 1.83. The lowest BCUT2D eigenvalue weighted by Gasteiger charge is -2.26. The van der Waals surface area contributed by atoms with Crippen molar-refractivity contribution in [3.05, 3.63) is 23.0 Å². The van der Waals surface area contributed by atoms with Gasteiger partial charge in [0.25, 0.3) is 0 Å². The summed E-state index contributed by atoms with van der Waals surface area (Å²) in [6.07, 6.45) is 4.00. The normalized spacial score (nSPS) is 19.5. The largest absolute Gasteiger partial charge is 0.508 e. The summed E-state index contributed by atoms with van der Waals surface area (Å²) in [4.78, 5) is 0. The van der Waals surface area contributed by atoms with Gasteiger partial charge in [0, 0.05) is 0 Å². The first-order valence-electron chi connectivity index (χ1n) is 4.51. The van der Waals surface area contributed by atoms with E-state index in [9.17, 15) is 5.11 Å². The molecule has 0 bridgehead atoms. The van der Waals surface area contributed by atoms with E-state index in [-0.39, 0.29) is 5.41 Å². The Bertz CT molecular complexity index is 238. The van der Waals surface area contributed by atoms with E-state index >= 15 is 0 Å². The number of hydrogen-bond acceptors (Lipinski definition) is 1. The molecule has 0 aromatic rings. The van der Waals surface area contributed by atoms with Crippen molar-refractivity contribution >= 4 is 0 Å². The molecule has 0 spiro atoms. The van der Waals surface area contributed by atoms with Gasteiger partial charge in [-0.15, -0.1) is 0 Å². The third-order valence-corrected chi connectivity index (χ3v) is 2.37. The summed E-state index contributed by atoms with van der Waals surface area (Å²) in [7, 11) is 0. The number of rotatable bonds is 0. The highest BCUT2D eigenvalue weighted by molar-refractivity contribution is 5.30. The van der Waals surface area contributed by atoms with Crippen LogP contribution >= 0.6 is 0 Å². The first-order chi connectivity index (χ1) is 5.41. The maximum Gasteiger partial charge on any atom is 0.115 e. The van der Waals surface area contributed by atoms with Gasteiger partial charge in [-0.05, 0) is 36.8 Å². The fourth-order valence-corrected chi connectivity index (χ4v) is 1.60. The fourth-order valence-electron chi connectivity index (χ4n) is 1.60. The molecule has 0 aromatic carbocycles. The summed E-state index contributed by atoms with van der Waals surface area (Å²) < 4.78 is 0. The van der Waals surface area contributed by atoms with E-state index in [1.54, 1.807) is 0 Å². The molecule has 0 fully saturated rings. The van der Waals surface area contributed by atoms with Gasteiger partial charge in [-0.25, -0.2) is 0 Å². The van der Waals surface area contributed by atoms with Crippen LogP contribution in [0.4, 0.5) is 0 Å². The van der Waals surface area contributed by atoms with Crippen molar-refractivity contribution in [2.45, 2.75) is 40.5 Å². The van der Waals surface area contributed by atoms with E-state index in [1.165, 1.54) is 11.1 Å². The molecule has 0 heterocycles. The smallest absolute Gasteiger partial charge is 0.115 e. The minimum Gasteiger partial charge on any atom is -0.508 e. The number of hydrogen-bond donors (Lipinski definition) is 1. The van der Waals surface area contributed by atoms with Crippen LogP contribution in [0, 0.1) is 5.41 Å². The molecule has 0 saturated carbocycles. The monoisotopic (exact) mass is 166 g/mol. The van der Waals surface area contributed by atoms with E-state index in [0.29, 0.717) is 5.76 Å². The van der Waals surface area contributed by atoms with Crippen molar-refractivity contribution in [1.82, 2.24) is 0 Å². The predicted molar refractivity (Wildman–Crippen MR) is 52.1 cm³/mol. The van der Waals surface area contributed by atoms with Gasteiger partial charge in [-0.2, -0.15) is 0 Å². The minimum absolute atomic E-state index is 0.112. The first-order valence-corrected chi connectivity index (χ1v) is 4.51. The topological polar surface area (TPSA) is 20.2 Å². The second-order valence-electron chi connectivity index (χ2n) is 4.60. The molecule has 0 atom stereocenters. The van der Waals surface area contributed by atoms with Gasteiger partial charge in [0.05, 0.1) is 0 Å². The summed E-state index contributed by atoms with van der Waals surface area (Å²) in [5, 5.41) is 9.68. The molecule has 0 radical (unpaired) electrons. The first kappa shape index (κ1) is 9.37. The molecule has 1 N–H and O–H groups in total. The molecule has 12 heavy (non-hydrogen) atoms. The van der Waals surface area contributed by atoms with E-state index in [4.69, 9.17) is 0 Å². The Kier molecular flexibility index (Phi) is 2.31. The molecule has 68 valence electrons. The summed E-state index contributed by atoms with van der Waals surface area (Å²) >= 11 is 0. The second kappa shape index (κ2) is 2.96. The number of aliphatic hydroxyl groups excluding tert-OH is 1. The lowest BCUT2D eigenvalue weighted by Crippen LogP contribution is -2.14. The van der Waals surface area contributed by atoms with Crippen molar-refractivity contribution < 1.29 is 5.11 Å². The lowest BCUT2D eigenvalue weighted by atomic mass is 9.80. The van der Waals surface area contributed by atoms with E-state index in [2.05, 4.69) is 27.7 Å². The van der Waals surface area contributed by atoms with Crippen LogP contribution in [0.15, 0.2) is 23.0 Å². The van der Waals surface area contributed by atoms with Crippen LogP contribution in [0.5, 0.6) is 0 Å². The predicted octanol–water partition coefficient (Wildman–Crippen LogP) is 3.58. The second-order valence-corrected chi connectivity index (χ2v) is 4.60. The molecule has 0 aromatic heterocycles. The van der Waals surface area contributed by atoms with Gasteiger partial charge in [0.1, 0.15) is 5.76 Å². The molecule has 0 amide bonds. The number of allylic oxidation sites excluding steroid dienone is 3. The molecular weight excluding hydrogens is 148 g/mol. The van der Waals surface area contributed by atoms with Crippen molar-refractivity contribution in [2.24, 2.45) is 5.41 Å². The lowest BCUT2D eigenvalue weighted by molar-refractivity contribution is 0.375. The van der Waals surface area contributed by atoms with Crippen molar-refractivity contribution in [1.29, 1.82) is 0 Å². The van der Waals surface area contributed by atoms with E-state index in [0.717, 1.165) is 12.8 Å². The van der Waals surface area contributed by atoms with Gasteiger partial charge in [0.15, 0.2) is 0 Å². The molecule has 0 saturated heterocycles. The van der Waals surface area contributed by atoms with Crippen LogP contribution in [0.1, 0.15) is 40.5 Å². The maximum absolute atomic E-state index is 9.68. The zero-order valence-electron chi connectivity index (χ0n) is 8.44. The molecule has 0 unspecified atom stereocenters. The fraction of sp³-hybridized carbons (Fsp3) is 0.636. The molecule has 1 nitrogen and oxygen atoms in total. The summed E-state index contributed by atoms with van der Waals surface area (Å²) in [5.74, 6) is 0.492.